The maximum Gasteiger partial charge on any atom is 0.0878 e. The van der Waals surface area contributed by atoms with Gasteiger partial charge in [0.05, 0.1) is 23.7 Å². The van der Waals surface area contributed by atoms with Gasteiger partial charge in [-0.3, -0.25) is 0 Å². The van der Waals surface area contributed by atoms with E-state index in [1.54, 1.807) is 7.11 Å². The van der Waals surface area contributed by atoms with Crippen LogP contribution < -0.4 is 0 Å². The lowest BCUT2D eigenvalue weighted by Gasteiger charge is -2.28. The normalized spacial score (nSPS) is 16.7. The van der Waals surface area contributed by atoms with Gasteiger partial charge in [0.15, 0.2) is 0 Å². The van der Waals surface area contributed by atoms with Crippen molar-refractivity contribution < 1.29 is 9.47 Å². The van der Waals surface area contributed by atoms with Gasteiger partial charge in [-0.15, -0.1) is 11.6 Å². The highest BCUT2D eigenvalue weighted by molar-refractivity contribution is 14.1. The topological polar surface area (TPSA) is 18.5 Å². The van der Waals surface area contributed by atoms with E-state index < -0.39 is 0 Å². The fourth-order valence-corrected chi connectivity index (χ4v) is 1.74. The third-order valence-corrected chi connectivity index (χ3v) is 4.45. The van der Waals surface area contributed by atoms with Crippen LogP contribution >= 0.6 is 34.2 Å². The molecule has 0 aliphatic heterocycles. The molecule has 1 atom stereocenters. The number of hydrogen-bond donors (Lipinski definition) is 0. The molecule has 2 nitrogen and oxygen atoms in total. The summed E-state index contributed by atoms with van der Waals surface area (Å²) >= 11 is 8.13. The molecule has 0 fully saturated rings. The summed E-state index contributed by atoms with van der Waals surface area (Å²) in [4.78, 5) is 0. The smallest absolute Gasteiger partial charge is 0.0878 e. The first-order valence-electron chi connectivity index (χ1n) is 4.70. The average Bonchev–Trinajstić information content (AvgIpc) is 2.17. The first kappa shape index (κ1) is 14.9. The second-order valence-corrected chi connectivity index (χ2v) is 5.31. The van der Waals surface area contributed by atoms with Gasteiger partial charge in [-0.05, 0) is 27.2 Å². The molecule has 1 unspecified atom stereocenters. The third-order valence-electron chi connectivity index (χ3n) is 2.27. The zero-order chi connectivity index (χ0) is 11.2. The molecule has 0 spiro atoms. The van der Waals surface area contributed by atoms with Crippen LogP contribution in [0.15, 0.2) is 0 Å². The summed E-state index contributed by atoms with van der Waals surface area (Å²) in [7, 11) is 1.72. The van der Waals surface area contributed by atoms with Gasteiger partial charge in [-0.25, -0.2) is 0 Å². The molecule has 0 aromatic carbocycles. The fourth-order valence-electron chi connectivity index (χ4n) is 0.758. The van der Waals surface area contributed by atoms with Crippen LogP contribution in [0.3, 0.4) is 0 Å². The third kappa shape index (κ3) is 5.73. The fraction of sp³-hybridized carbons (Fsp3) is 1.00. The largest absolute Gasteiger partial charge is 0.379 e. The van der Waals surface area contributed by atoms with Crippen LogP contribution in [-0.4, -0.2) is 35.2 Å². The van der Waals surface area contributed by atoms with Crippen molar-refractivity contribution in [3.05, 3.63) is 0 Å². The van der Waals surface area contributed by atoms with Gasteiger partial charge in [0.1, 0.15) is 0 Å². The minimum atomic E-state index is -0.202. The van der Waals surface area contributed by atoms with Crippen molar-refractivity contribution in [3.63, 3.8) is 0 Å². The number of alkyl halides is 2. The van der Waals surface area contributed by atoms with Gasteiger partial charge in [-0.1, -0.05) is 22.6 Å². The Kier molecular flexibility index (Phi) is 6.94. The van der Waals surface area contributed by atoms with E-state index in [4.69, 9.17) is 21.1 Å². The van der Waals surface area contributed by atoms with Gasteiger partial charge in [0.2, 0.25) is 0 Å². The van der Waals surface area contributed by atoms with Gasteiger partial charge >= 0.3 is 0 Å². The first-order valence-corrected chi connectivity index (χ1v) is 6.76. The van der Waals surface area contributed by atoms with Crippen LogP contribution in [0.25, 0.3) is 0 Å². The monoisotopic (exact) mass is 334 g/mol. The molecule has 0 aliphatic rings. The van der Waals surface area contributed by atoms with E-state index in [-0.39, 0.29) is 11.2 Å². The zero-order valence-electron chi connectivity index (χ0n) is 9.40. The molecule has 0 bridgehead atoms. The Labute approximate surface area is 106 Å². The maximum absolute atomic E-state index is 5.83. The van der Waals surface area contributed by atoms with Crippen LogP contribution in [-0.2, 0) is 9.47 Å². The Morgan fingerprint density at radius 1 is 1.29 bits per heavy atom. The predicted molar refractivity (Wildman–Crippen MR) is 69.7 cm³/mol. The van der Waals surface area contributed by atoms with Crippen molar-refractivity contribution in [3.8, 4) is 0 Å². The molecule has 4 heteroatoms. The first-order chi connectivity index (χ1) is 6.39. The summed E-state index contributed by atoms with van der Waals surface area (Å²) in [5.74, 6) is 0.531. The maximum atomic E-state index is 5.83. The SMILES string of the molecule is COC(C)(C)CCOC(C)(CCl)CI. The van der Waals surface area contributed by atoms with Crippen molar-refractivity contribution in [2.24, 2.45) is 0 Å². The van der Waals surface area contributed by atoms with E-state index in [1.165, 1.54) is 0 Å². The van der Waals surface area contributed by atoms with E-state index in [1.807, 2.05) is 6.92 Å². The molecular formula is C10H20ClIO2. The number of methoxy groups -OCH3 is 1. The number of ether oxygens (including phenoxy) is 2. The molecule has 0 rings (SSSR count). The van der Waals surface area contributed by atoms with E-state index in [9.17, 15) is 0 Å². The lowest BCUT2D eigenvalue weighted by molar-refractivity contribution is -0.0457. The summed E-state index contributed by atoms with van der Waals surface area (Å²) in [6.45, 7) is 6.83. The summed E-state index contributed by atoms with van der Waals surface area (Å²) in [6, 6.07) is 0. The number of hydrogen-bond acceptors (Lipinski definition) is 2. The lowest BCUT2D eigenvalue weighted by atomic mass is 10.1. The molecule has 0 amide bonds. The molecule has 14 heavy (non-hydrogen) atoms. The van der Waals surface area contributed by atoms with E-state index in [0.717, 1.165) is 10.8 Å². The molecule has 86 valence electrons. The van der Waals surface area contributed by atoms with Crippen molar-refractivity contribution >= 4 is 34.2 Å². The Morgan fingerprint density at radius 2 is 1.86 bits per heavy atom. The second-order valence-electron chi connectivity index (χ2n) is 4.28. The second kappa shape index (κ2) is 6.51. The Balaban J connectivity index is 3.83. The zero-order valence-corrected chi connectivity index (χ0v) is 12.3. The quantitative estimate of drug-likeness (QED) is 0.525. The van der Waals surface area contributed by atoms with Crippen LogP contribution in [0.4, 0.5) is 0 Å². The van der Waals surface area contributed by atoms with Gasteiger partial charge in [0, 0.05) is 11.5 Å². The minimum Gasteiger partial charge on any atom is -0.379 e. The molecule has 0 aliphatic carbocycles. The predicted octanol–water partition coefficient (Wildman–Crippen LogP) is 3.25. The average molecular weight is 335 g/mol. The molecule has 0 saturated carbocycles. The summed E-state index contributed by atoms with van der Waals surface area (Å²) in [6.07, 6.45) is 0.882. The van der Waals surface area contributed by atoms with Crippen molar-refractivity contribution in [1.29, 1.82) is 0 Å². The van der Waals surface area contributed by atoms with Crippen LogP contribution in [0, 0.1) is 0 Å². The highest BCUT2D eigenvalue weighted by atomic mass is 127. The minimum absolute atomic E-state index is 0.113. The molecular weight excluding hydrogens is 314 g/mol. The van der Waals surface area contributed by atoms with Crippen molar-refractivity contribution in [1.82, 2.24) is 0 Å². The lowest BCUT2D eigenvalue weighted by Crippen LogP contribution is -2.35. The number of rotatable bonds is 7. The Hall–Kier alpha value is 0.940. The van der Waals surface area contributed by atoms with Crippen LogP contribution in [0.5, 0.6) is 0 Å². The Bertz CT molecular complexity index is 158. The molecule has 0 saturated heterocycles. The summed E-state index contributed by atoms with van der Waals surface area (Å²) in [5, 5.41) is 0. The van der Waals surface area contributed by atoms with Gasteiger partial charge in [-0.2, -0.15) is 0 Å². The molecule has 0 radical (unpaired) electrons. The number of halogens is 2. The molecule has 0 aromatic heterocycles. The summed E-state index contributed by atoms with van der Waals surface area (Å²) < 4.78 is 12.0. The van der Waals surface area contributed by atoms with Crippen LogP contribution in [0.2, 0.25) is 0 Å². The van der Waals surface area contributed by atoms with E-state index in [2.05, 4.69) is 36.4 Å². The highest BCUT2D eigenvalue weighted by Crippen LogP contribution is 2.19. The van der Waals surface area contributed by atoms with E-state index >= 15 is 0 Å². The highest BCUT2D eigenvalue weighted by Gasteiger charge is 2.24. The van der Waals surface area contributed by atoms with Crippen LogP contribution in [0.1, 0.15) is 27.2 Å². The van der Waals surface area contributed by atoms with E-state index in [0.29, 0.717) is 12.5 Å². The molecule has 0 aromatic rings. The summed E-state index contributed by atoms with van der Waals surface area (Å²) in [5.41, 5.74) is -0.315. The van der Waals surface area contributed by atoms with Crippen molar-refractivity contribution in [2.75, 3.05) is 24.0 Å². The molecule has 0 N–H and O–H groups in total. The van der Waals surface area contributed by atoms with Gasteiger partial charge < -0.3 is 9.47 Å². The van der Waals surface area contributed by atoms with Crippen molar-refractivity contribution in [2.45, 2.75) is 38.4 Å². The Morgan fingerprint density at radius 3 is 2.21 bits per heavy atom. The standard InChI is InChI=1S/C10H20ClIO2/c1-9(2,13-4)5-6-14-10(3,7-11)8-12/h5-8H2,1-4H3. The van der Waals surface area contributed by atoms with Gasteiger partial charge in [0.25, 0.3) is 0 Å². The molecule has 0 heterocycles.